The number of aromatic nitrogens is 1. The Balaban J connectivity index is 1.87. The van der Waals surface area contributed by atoms with Crippen molar-refractivity contribution in [2.24, 2.45) is 11.8 Å². The Morgan fingerprint density at radius 3 is 2.90 bits per heavy atom. The third kappa shape index (κ3) is 3.26. The van der Waals surface area contributed by atoms with Crippen molar-refractivity contribution >= 4 is 32.7 Å². The van der Waals surface area contributed by atoms with Crippen LogP contribution in [0.5, 0.6) is 0 Å². The summed E-state index contributed by atoms with van der Waals surface area (Å²) in [4.78, 5) is 17.0. The summed E-state index contributed by atoms with van der Waals surface area (Å²) in [5.41, 5.74) is 2.44. The second kappa shape index (κ2) is 5.76. The van der Waals surface area contributed by atoms with Crippen LogP contribution < -0.4 is 5.32 Å². The number of carbonyl (C=O) groups excluding carboxylic acids is 1. The van der Waals surface area contributed by atoms with E-state index in [9.17, 15) is 4.79 Å². The molecular weight excluding hydrogens is 328 g/mol. The van der Waals surface area contributed by atoms with Crippen molar-refractivity contribution in [1.29, 1.82) is 0 Å². The molecule has 21 heavy (non-hydrogen) atoms. The molecule has 0 bridgehead atoms. The molecule has 3 nitrogen and oxygen atoms in total. The van der Waals surface area contributed by atoms with Gasteiger partial charge in [0.15, 0.2) is 0 Å². The van der Waals surface area contributed by atoms with Crippen LogP contribution in [0.4, 0.5) is 0 Å². The Hall–Kier alpha value is -1.42. The van der Waals surface area contributed by atoms with E-state index in [4.69, 9.17) is 0 Å². The number of aryl methyl sites for hydroxylation is 1. The minimum absolute atomic E-state index is 0.00361. The molecule has 1 aliphatic rings. The smallest absolute Gasteiger partial charge is 0.252 e. The monoisotopic (exact) mass is 346 g/mol. The maximum Gasteiger partial charge on any atom is 0.252 e. The molecule has 0 aliphatic heterocycles. The maximum atomic E-state index is 12.5. The molecule has 1 aromatic carbocycles. The third-order valence-corrected chi connectivity index (χ3v) is 4.65. The van der Waals surface area contributed by atoms with Crippen LogP contribution in [0.2, 0.25) is 0 Å². The zero-order valence-corrected chi connectivity index (χ0v) is 13.9. The second-order valence-corrected chi connectivity index (χ2v) is 6.91. The predicted molar refractivity (Wildman–Crippen MR) is 88.4 cm³/mol. The fourth-order valence-electron chi connectivity index (χ4n) is 2.70. The number of hydrogen-bond acceptors (Lipinski definition) is 2. The van der Waals surface area contributed by atoms with Gasteiger partial charge in [0, 0.05) is 22.1 Å². The first-order valence-electron chi connectivity index (χ1n) is 7.39. The molecule has 0 spiro atoms. The molecule has 1 atom stereocenters. The molecule has 1 saturated carbocycles. The predicted octanol–water partition coefficient (Wildman–Crippen LogP) is 4.08. The van der Waals surface area contributed by atoms with Crippen LogP contribution in [0.25, 0.3) is 10.9 Å². The molecular formula is C17H19BrN2O. The largest absolute Gasteiger partial charge is 0.352 e. The van der Waals surface area contributed by atoms with Crippen molar-refractivity contribution in [1.82, 2.24) is 10.3 Å². The molecule has 1 aliphatic carbocycles. The lowest BCUT2D eigenvalue weighted by Gasteiger charge is -2.13. The van der Waals surface area contributed by atoms with E-state index in [1.807, 2.05) is 31.2 Å². The fraction of sp³-hybridized carbons (Fsp3) is 0.412. The number of fused-ring (bicyclic) bond motifs is 1. The molecule has 0 radical (unpaired) electrons. The van der Waals surface area contributed by atoms with Gasteiger partial charge in [-0.15, -0.1) is 0 Å². The molecule has 4 heteroatoms. The summed E-state index contributed by atoms with van der Waals surface area (Å²) >= 11 is 3.46. The highest BCUT2D eigenvalue weighted by Gasteiger charge is 2.28. The van der Waals surface area contributed by atoms with E-state index < -0.39 is 0 Å². The number of benzene rings is 1. The highest BCUT2D eigenvalue weighted by Crippen LogP contribution is 2.36. The number of nitrogens with zero attached hydrogens (tertiary/aromatic N) is 1. The Morgan fingerprint density at radius 1 is 1.43 bits per heavy atom. The first-order chi connectivity index (χ1) is 10.0. The van der Waals surface area contributed by atoms with Gasteiger partial charge in [0.05, 0.1) is 11.1 Å². The molecule has 0 saturated heterocycles. The van der Waals surface area contributed by atoms with Crippen molar-refractivity contribution < 1.29 is 4.79 Å². The number of hydrogen-bond donors (Lipinski definition) is 1. The van der Waals surface area contributed by atoms with Crippen molar-refractivity contribution in [2.45, 2.75) is 26.7 Å². The average molecular weight is 347 g/mol. The number of rotatable bonds is 4. The topological polar surface area (TPSA) is 42.0 Å². The summed E-state index contributed by atoms with van der Waals surface area (Å²) < 4.78 is 0.959. The van der Waals surface area contributed by atoms with E-state index in [0.717, 1.165) is 33.5 Å². The number of pyridine rings is 1. The minimum Gasteiger partial charge on any atom is -0.352 e. The van der Waals surface area contributed by atoms with Gasteiger partial charge in [-0.3, -0.25) is 9.78 Å². The summed E-state index contributed by atoms with van der Waals surface area (Å²) in [6.45, 7) is 4.88. The quantitative estimate of drug-likeness (QED) is 0.905. The first kappa shape index (κ1) is 14.5. The number of amides is 1. The molecule has 1 heterocycles. The Kier molecular flexibility index (Phi) is 3.98. The summed E-state index contributed by atoms with van der Waals surface area (Å²) in [6.07, 6.45) is 2.61. The normalized spacial score (nSPS) is 16.0. The van der Waals surface area contributed by atoms with Crippen LogP contribution in [0, 0.1) is 18.8 Å². The zero-order chi connectivity index (χ0) is 15.0. The van der Waals surface area contributed by atoms with Crippen molar-refractivity contribution in [3.63, 3.8) is 0 Å². The molecule has 3 rings (SSSR count). The van der Waals surface area contributed by atoms with Gasteiger partial charge in [0.25, 0.3) is 5.91 Å². The van der Waals surface area contributed by atoms with Gasteiger partial charge in [0.2, 0.25) is 0 Å². The first-order valence-corrected chi connectivity index (χ1v) is 8.19. The van der Waals surface area contributed by atoms with Gasteiger partial charge >= 0.3 is 0 Å². The fourth-order valence-corrected chi connectivity index (χ4v) is 3.06. The van der Waals surface area contributed by atoms with Crippen molar-refractivity contribution in [2.75, 3.05) is 6.54 Å². The molecule has 1 fully saturated rings. The average Bonchev–Trinajstić information content (AvgIpc) is 3.28. The Morgan fingerprint density at radius 2 is 2.19 bits per heavy atom. The van der Waals surface area contributed by atoms with Crippen LogP contribution in [0.1, 0.15) is 35.8 Å². The molecule has 1 unspecified atom stereocenters. The zero-order valence-electron chi connectivity index (χ0n) is 12.3. The van der Waals surface area contributed by atoms with Gasteiger partial charge in [-0.1, -0.05) is 22.9 Å². The lowest BCUT2D eigenvalue weighted by Crippen LogP contribution is -2.29. The molecule has 1 aromatic heterocycles. The highest BCUT2D eigenvalue weighted by molar-refractivity contribution is 9.10. The van der Waals surface area contributed by atoms with Crippen molar-refractivity contribution in [3.05, 3.63) is 40.0 Å². The summed E-state index contributed by atoms with van der Waals surface area (Å²) in [6, 6.07) is 7.72. The van der Waals surface area contributed by atoms with E-state index in [2.05, 4.69) is 33.2 Å². The van der Waals surface area contributed by atoms with Crippen LogP contribution in [-0.2, 0) is 0 Å². The summed E-state index contributed by atoms with van der Waals surface area (Å²) in [7, 11) is 0. The van der Waals surface area contributed by atoms with Gasteiger partial charge in [-0.2, -0.15) is 0 Å². The lowest BCUT2D eigenvalue weighted by atomic mass is 10.0. The number of halogens is 1. The SMILES string of the molecule is Cc1cc(C(=O)NCC(C)C2CC2)c2cc(Br)ccc2n1. The molecule has 110 valence electrons. The van der Waals surface area contributed by atoms with E-state index in [1.165, 1.54) is 12.8 Å². The van der Waals surface area contributed by atoms with Crippen molar-refractivity contribution in [3.8, 4) is 0 Å². The molecule has 1 amide bonds. The summed E-state index contributed by atoms with van der Waals surface area (Å²) in [5.74, 6) is 1.36. The van der Waals surface area contributed by atoms with Crippen LogP contribution in [0.15, 0.2) is 28.7 Å². The van der Waals surface area contributed by atoms with E-state index >= 15 is 0 Å². The van der Waals surface area contributed by atoms with Crippen LogP contribution in [0.3, 0.4) is 0 Å². The standard InChI is InChI=1S/C17H19BrN2O/c1-10(12-3-4-12)9-19-17(21)15-7-11(2)20-16-6-5-13(18)8-14(15)16/h5-8,10,12H,3-4,9H2,1-2H3,(H,19,21). The third-order valence-electron chi connectivity index (χ3n) is 4.15. The minimum atomic E-state index is -0.00361. The van der Waals surface area contributed by atoms with Crippen LogP contribution in [-0.4, -0.2) is 17.4 Å². The number of nitrogens with one attached hydrogen (secondary N) is 1. The van der Waals surface area contributed by atoms with E-state index in [-0.39, 0.29) is 5.91 Å². The van der Waals surface area contributed by atoms with E-state index in [1.54, 1.807) is 0 Å². The van der Waals surface area contributed by atoms with Gasteiger partial charge < -0.3 is 5.32 Å². The second-order valence-electron chi connectivity index (χ2n) is 6.00. The Labute approximate surface area is 133 Å². The number of carbonyl (C=O) groups is 1. The Bertz CT molecular complexity index is 694. The molecule has 2 aromatic rings. The van der Waals surface area contributed by atoms with E-state index in [0.29, 0.717) is 11.5 Å². The summed E-state index contributed by atoms with van der Waals surface area (Å²) in [5, 5.41) is 3.97. The maximum absolute atomic E-state index is 12.5. The van der Waals surface area contributed by atoms with Gasteiger partial charge in [-0.25, -0.2) is 0 Å². The van der Waals surface area contributed by atoms with Gasteiger partial charge in [0.1, 0.15) is 0 Å². The van der Waals surface area contributed by atoms with Gasteiger partial charge in [-0.05, 0) is 55.9 Å². The van der Waals surface area contributed by atoms with Crippen LogP contribution >= 0.6 is 15.9 Å². The lowest BCUT2D eigenvalue weighted by molar-refractivity contribution is 0.0948. The molecule has 1 N–H and O–H groups in total. The highest BCUT2D eigenvalue weighted by atomic mass is 79.9.